The predicted octanol–water partition coefficient (Wildman–Crippen LogP) is 5.10. The molecule has 0 aliphatic carbocycles. The molecule has 0 spiro atoms. The molecule has 130 valence electrons. The smallest absolute Gasteiger partial charge is 0.251 e. The van der Waals surface area contributed by atoms with Crippen LogP contribution in [0.2, 0.25) is 0 Å². The van der Waals surface area contributed by atoms with E-state index in [1.54, 1.807) is 0 Å². The Hall–Kier alpha value is -2.03. The molecule has 3 heteroatoms. The molecular formula is C21H30N2O. The monoisotopic (exact) mass is 326 g/mol. The zero-order chi connectivity index (χ0) is 17.5. The van der Waals surface area contributed by atoms with Crippen molar-refractivity contribution in [3.05, 3.63) is 47.3 Å². The van der Waals surface area contributed by atoms with E-state index in [1.165, 1.54) is 18.5 Å². The number of hydrogen-bond acceptors (Lipinski definition) is 1. The van der Waals surface area contributed by atoms with Gasteiger partial charge in [0.05, 0.1) is 5.56 Å². The normalized spacial score (nSPS) is 11.0. The summed E-state index contributed by atoms with van der Waals surface area (Å²) in [7, 11) is 0. The standard InChI is InChI=1S/C21H30N2O/c1-4-6-9-14-18-20(17-12-10-8-11-13-17)19(21(22)24)16(3)23(18)15-7-5-2/h8,10-13H,4-7,9,14-15H2,1-3H3,(H2,22,24). The van der Waals surface area contributed by atoms with Gasteiger partial charge in [-0.05, 0) is 31.7 Å². The second kappa shape index (κ2) is 8.72. The molecule has 1 aromatic carbocycles. The number of amides is 1. The Labute approximate surface area is 145 Å². The lowest BCUT2D eigenvalue weighted by molar-refractivity contribution is 0.1000. The van der Waals surface area contributed by atoms with E-state index in [0.717, 1.165) is 49.0 Å². The van der Waals surface area contributed by atoms with E-state index in [1.807, 2.05) is 25.1 Å². The van der Waals surface area contributed by atoms with Crippen molar-refractivity contribution in [2.45, 2.75) is 65.8 Å². The molecule has 0 aliphatic rings. The molecule has 1 heterocycles. The second-order valence-electron chi connectivity index (χ2n) is 6.47. The molecular weight excluding hydrogens is 296 g/mol. The van der Waals surface area contributed by atoms with Gasteiger partial charge in [0, 0.05) is 23.5 Å². The minimum Gasteiger partial charge on any atom is -0.366 e. The van der Waals surface area contributed by atoms with E-state index in [0.29, 0.717) is 5.56 Å². The summed E-state index contributed by atoms with van der Waals surface area (Å²) in [6.45, 7) is 7.40. The molecule has 2 rings (SSSR count). The molecule has 0 saturated heterocycles. The van der Waals surface area contributed by atoms with Gasteiger partial charge in [0.2, 0.25) is 0 Å². The van der Waals surface area contributed by atoms with Crippen molar-refractivity contribution in [3.8, 4) is 11.1 Å². The molecule has 0 unspecified atom stereocenters. The lowest BCUT2D eigenvalue weighted by Crippen LogP contribution is -2.13. The quantitative estimate of drug-likeness (QED) is 0.641. The molecule has 0 radical (unpaired) electrons. The number of aromatic nitrogens is 1. The summed E-state index contributed by atoms with van der Waals surface area (Å²) >= 11 is 0. The third kappa shape index (κ3) is 3.89. The van der Waals surface area contributed by atoms with Crippen LogP contribution >= 0.6 is 0 Å². The Bertz CT molecular complexity index is 671. The van der Waals surface area contributed by atoms with Crippen LogP contribution in [-0.4, -0.2) is 10.5 Å². The van der Waals surface area contributed by atoms with Gasteiger partial charge in [-0.3, -0.25) is 4.79 Å². The van der Waals surface area contributed by atoms with Crippen molar-refractivity contribution in [1.29, 1.82) is 0 Å². The van der Waals surface area contributed by atoms with Crippen molar-refractivity contribution in [2.75, 3.05) is 0 Å². The zero-order valence-electron chi connectivity index (χ0n) is 15.3. The molecule has 3 nitrogen and oxygen atoms in total. The summed E-state index contributed by atoms with van der Waals surface area (Å²) < 4.78 is 2.33. The first kappa shape index (κ1) is 18.3. The summed E-state index contributed by atoms with van der Waals surface area (Å²) in [6.07, 6.45) is 6.79. The first-order valence-corrected chi connectivity index (χ1v) is 9.18. The van der Waals surface area contributed by atoms with Crippen molar-refractivity contribution >= 4 is 5.91 Å². The van der Waals surface area contributed by atoms with Crippen LogP contribution in [0, 0.1) is 6.92 Å². The summed E-state index contributed by atoms with van der Waals surface area (Å²) in [6, 6.07) is 10.2. The maximum Gasteiger partial charge on any atom is 0.251 e. The molecule has 0 aliphatic heterocycles. The van der Waals surface area contributed by atoms with Crippen LogP contribution in [0.3, 0.4) is 0 Å². The highest BCUT2D eigenvalue weighted by atomic mass is 16.1. The highest BCUT2D eigenvalue weighted by Crippen LogP contribution is 2.34. The van der Waals surface area contributed by atoms with Crippen molar-refractivity contribution in [2.24, 2.45) is 5.73 Å². The summed E-state index contributed by atoms with van der Waals surface area (Å²) in [5, 5.41) is 0. The van der Waals surface area contributed by atoms with Gasteiger partial charge in [-0.25, -0.2) is 0 Å². The van der Waals surface area contributed by atoms with E-state index < -0.39 is 0 Å². The fourth-order valence-electron chi connectivity index (χ4n) is 3.44. The first-order valence-electron chi connectivity index (χ1n) is 9.18. The lowest BCUT2D eigenvalue weighted by atomic mass is 9.97. The zero-order valence-corrected chi connectivity index (χ0v) is 15.3. The topological polar surface area (TPSA) is 48.0 Å². The van der Waals surface area contributed by atoms with Crippen LogP contribution in [0.1, 0.15) is 67.7 Å². The number of rotatable bonds is 9. The van der Waals surface area contributed by atoms with Crippen LogP contribution in [0.25, 0.3) is 11.1 Å². The Kier molecular flexibility index (Phi) is 6.65. The number of carbonyl (C=O) groups excluding carboxylic acids is 1. The molecule has 1 aromatic heterocycles. The van der Waals surface area contributed by atoms with Gasteiger partial charge >= 0.3 is 0 Å². The van der Waals surface area contributed by atoms with Gasteiger partial charge in [0.1, 0.15) is 0 Å². The highest BCUT2D eigenvalue weighted by molar-refractivity contribution is 6.02. The third-order valence-electron chi connectivity index (χ3n) is 4.69. The van der Waals surface area contributed by atoms with Gasteiger partial charge in [0.25, 0.3) is 5.91 Å². The van der Waals surface area contributed by atoms with Crippen LogP contribution in [0.15, 0.2) is 30.3 Å². The van der Waals surface area contributed by atoms with Crippen molar-refractivity contribution < 1.29 is 4.79 Å². The molecule has 0 saturated carbocycles. The molecule has 0 fully saturated rings. The summed E-state index contributed by atoms with van der Waals surface area (Å²) in [5.74, 6) is -0.321. The molecule has 1 amide bonds. The fourth-order valence-corrected chi connectivity index (χ4v) is 3.44. The van der Waals surface area contributed by atoms with E-state index in [4.69, 9.17) is 5.73 Å². The van der Waals surface area contributed by atoms with Gasteiger partial charge in [-0.1, -0.05) is 63.4 Å². The Morgan fingerprint density at radius 1 is 1.04 bits per heavy atom. The number of nitrogens with zero attached hydrogens (tertiary/aromatic N) is 1. The maximum atomic E-state index is 12.2. The molecule has 24 heavy (non-hydrogen) atoms. The first-order chi connectivity index (χ1) is 11.6. The Morgan fingerprint density at radius 2 is 1.71 bits per heavy atom. The molecule has 2 aromatic rings. The molecule has 0 atom stereocenters. The van der Waals surface area contributed by atoms with E-state index >= 15 is 0 Å². The van der Waals surface area contributed by atoms with Crippen LogP contribution in [0.5, 0.6) is 0 Å². The van der Waals surface area contributed by atoms with Crippen LogP contribution in [-0.2, 0) is 13.0 Å². The largest absolute Gasteiger partial charge is 0.366 e. The van der Waals surface area contributed by atoms with Crippen LogP contribution < -0.4 is 5.73 Å². The third-order valence-corrected chi connectivity index (χ3v) is 4.69. The van der Waals surface area contributed by atoms with Crippen molar-refractivity contribution in [1.82, 2.24) is 4.57 Å². The number of benzene rings is 1. The minimum absolute atomic E-state index is 0.321. The number of primary amides is 1. The van der Waals surface area contributed by atoms with Gasteiger partial charge < -0.3 is 10.3 Å². The fraction of sp³-hybridized carbons (Fsp3) is 0.476. The van der Waals surface area contributed by atoms with Gasteiger partial charge in [0.15, 0.2) is 0 Å². The summed E-state index contributed by atoms with van der Waals surface area (Å²) in [5.41, 5.74) is 10.9. The number of unbranched alkanes of at least 4 members (excludes halogenated alkanes) is 3. The predicted molar refractivity (Wildman–Crippen MR) is 101 cm³/mol. The number of hydrogen-bond donors (Lipinski definition) is 1. The minimum atomic E-state index is -0.321. The van der Waals surface area contributed by atoms with Crippen LogP contribution in [0.4, 0.5) is 0 Å². The Morgan fingerprint density at radius 3 is 2.29 bits per heavy atom. The Balaban J connectivity index is 2.60. The SMILES string of the molecule is CCCCCc1c(-c2ccccc2)c(C(N)=O)c(C)n1CCCC. The van der Waals surface area contributed by atoms with Gasteiger partial charge in [-0.15, -0.1) is 0 Å². The number of carbonyl (C=O) groups is 1. The van der Waals surface area contributed by atoms with E-state index in [9.17, 15) is 4.79 Å². The van der Waals surface area contributed by atoms with E-state index in [2.05, 4.69) is 30.5 Å². The highest BCUT2D eigenvalue weighted by Gasteiger charge is 2.24. The van der Waals surface area contributed by atoms with Gasteiger partial charge in [-0.2, -0.15) is 0 Å². The van der Waals surface area contributed by atoms with Crippen molar-refractivity contribution in [3.63, 3.8) is 0 Å². The maximum absolute atomic E-state index is 12.2. The molecule has 2 N–H and O–H groups in total. The average Bonchev–Trinajstić information content (AvgIpc) is 2.86. The van der Waals surface area contributed by atoms with E-state index in [-0.39, 0.29) is 5.91 Å². The lowest BCUT2D eigenvalue weighted by Gasteiger charge is -2.13. The average molecular weight is 326 g/mol. The number of nitrogens with two attached hydrogens (primary N) is 1. The second-order valence-corrected chi connectivity index (χ2v) is 6.47. The molecule has 0 bridgehead atoms. The summed E-state index contributed by atoms with van der Waals surface area (Å²) in [4.78, 5) is 12.2.